The first kappa shape index (κ1) is 23.7. The Morgan fingerprint density at radius 2 is 1.63 bits per heavy atom. The second-order valence-corrected chi connectivity index (χ2v) is 9.90. The van der Waals surface area contributed by atoms with Crippen molar-refractivity contribution in [3.63, 3.8) is 0 Å². The summed E-state index contributed by atoms with van der Waals surface area (Å²) < 4.78 is 35.3. The Morgan fingerprint density at radius 3 is 2.27 bits per heavy atom. The number of ether oxygens (including phenoxy) is 1. The van der Waals surface area contributed by atoms with Gasteiger partial charge in [-0.25, -0.2) is 8.78 Å². The van der Waals surface area contributed by atoms with Crippen LogP contribution in [0, 0.1) is 11.8 Å². The molecule has 0 N–H and O–H groups in total. The maximum absolute atomic E-state index is 14.6. The molecule has 170 valence electrons. The van der Waals surface area contributed by atoms with E-state index in [1.54, 1.807) is 0 Å². The Bertz CT molecular complexity index is 604. The molecule has 3 rings (SSSR count). The van der Waals surface area contributed by atoms with Gasteiger partial charge in [0, 0.05) is 18.9 Å². The fraction of sp³-hybridized carbons (Fsp3) is 0.778. The molecule has 0 aromatic heterocycles. The van der Waals surface area contributed by atoms with Gasteiger partial charge in [-0.3, -0.25) is 0 Å². The van der Waals surface area contributed by atoms with E-state index in [4.69, 9.17) is 4.74 Å². The van der Waals surface area contributed by atoms with E-state index in [2.05, 4.69) is 38.1 Å². The predicted octanol–water partition coefficient (Wildman–Crippen LogP) is 8.31. The molecule has 0 spiro atoms. The minimum atomic E-state index is -2.50. The molecule has 30 heavy (non-hydrogen) atoms. The van der Waals surface area contributed by atoms with Crippen LogP contribution < -0.4 is 0 Å². The van der Waals surface area contributed by atoms with Gasteiger partial charge in [-0.05, 0) is 74.3 Å². The van der Waals surface area contributed by atoms with Crippen LogP contribution in [0.15, 0.2) is 24.3 Å². The highest BCUT2D eigenvalue weighted by Crippen LogP contribution is 2.44. The normalized spacial score (nSPS) is 29.1. The molecule has 1 nitrogen and oxygen atoms in total. The van der Waals surface area contributed by atoms with Gasteiger partial charge in [0.05, 0.1) is 6.10 Å². The average Bonchev–Trinajstić information content (AvgIpc) is 2.75. The first-order valence-electron chi connectivity index (χ1n) is 12.6. The summed E-state index contributed by atoms with van der Waals surface area (Å²) in [6.07, 6.45) is 12.4. The van der Waals surface area contributed by atoms with Crippen LogP contribution in [0.3, 0.4) is 0 Å². The molecule has 2 saturated carbocycles. The lowest BCUT2D eigenvalue weighted by atomic mass is 9.77. The quantitative estimate of drug-likeness (QED) is 0.346. The molecule has 2 unspecified atom stereocenters. The Balaban J connectivity index is 1.37. The topological polar surface area (TPSA) is 9.23 Å². The highest BCUT2D eigenvalue weighted by Gasteiger charge is 2.44. The van der Waals surface area contributed by atoms with E-state index in [9.17, 15) is 8.78 Å². The van der Waals surface area contributed by atoms with E-state index in [0.717, 1.165) is 57.8 Å². The highest BCUT2D eigenvalue weighted by molar-refractivity contribution is 5.26. The number of halogens is 2. The van der Waals surface area contributed by atoms with Crippen molar-refractivity contribution in [1.82, 2.24) is 0 Å². The summed E-state index contributed by atoms with van der Waals surface area (Å²) in [6.45, 7) is 4.87. The van der Waals surface area contributed by atoms with E-state index in [1.165, 1.54) is 17.5 Å². The van der Waals surface area contributed by atoms with Gasteiger partial charge in [0.15, 0.2) is 0 Å². The van der Waals surface area contributed by atoms with Crippen molar-refractivity contribution in [3.05, 3.63) is 35.4 Å². The molecule has 0 bridgehead atoms. The minimum Gasteiger partial charge on any atom is -0.378 e. The molecule has 2 fully saturated rings. The second-order valence-electron chi connectivity index (χ2n) is 9.90. The summed E-state index contributed by atoms with van der Waals surface area (Å²) in [5.74, 6) is -2.24. The second kappa shape index (κ2) is 11.6. The molecule has 0 radical (unpaired) electrons. The zero-order valence-electron chi connectivity index (χ0n) is 19.2. The van der Waals surface area contributed by atoms with Crippen molar-refractivity contribution in [3.8, 4) is 0 Å². The number of hydrogen-bond donors (Lipinski definition) is 0. The number of rotatable bonds is 10. The summed E-state index contributed by atoms with van der Waals surface area (Å²) >= 11 is 0. The molecule has 3 heteroatoms. The summed E-state index contributed by atoms with van der Waals surface area (Å²) in [7, 11) is 0. The zero-order valence-corrected chi connectivity index (χ0v) is 19.2. The zero-order chi connectivity index (χ0) is 21.4. The van der Waals surface area contributed by atoms with Crippen LogP contribution in [0.5, 0.6) is 0 Å². The van der Waals surface area contributed by atoms with Gasteiger partial charge in [0.2, 0.25) is 0 Å². The van der Waals surface area contributed by atoms with Gasteiger partial charge >= 0.3 is 0 Å². The molecule has 2 atom stereocenters. The van der Waals surface area contributed by atoms with Crippen LogP contribution in [0.4, 0.5) is 8.78 Å². The predicted molar refractivity (Wildman–Crippen MR) is 121 cm³/mol. The van der Waals surface area contributed by atoms with Crippen LogP contribution in [0.1, 0.15) is 108 Å². The molecular formula is C27H42F2O. The molecule has 2 aliphatic rings. The van der Waals surface area contributed by atoms with Crippen molar-refractivity contribution in [2.24, 2.45) is 11.8 Å². The number of unbranched alkanes of at least 4 members (excludes halogenated alkanes) is 2. The summed E-state index contributed by atoms with van der Waals surface area (Å²) in [4.78, 5) is 0. The first-order chi connectivity index (χ1) is 14.5. The fourth-order valence-corrected chi connectivity index (χ4v) is 5.52. The third-order valence-electron chi connectivity index (χ3n) is 7.47. The number of alkyl halides is 2. The average molecular weight is 421 g/mol. The van der Waals surface area contributed by atoms with Crippen LogP contribution in [0.2, 0.25) is 0 Å². The Morgan fingerprint density at radius 1 is 0.900 bits per heavy atom. The monoisotopic (exact) mass is 420 g/mol. The molecule has 0 heterocycles. The van der Waals surface area contributed by atoms with Gasteiger partial charge < -0.3 is 4.74 Å². The van der Waals surface area contributed by atoms with Gasteiger partial charge in [-0.1, -0.05) is 63.8 Å². The smallest absolute Gasteiger partial charge is 0.251 e. The van der Waals surface area contributed by atoms with E-state index in [1.807, 2.05) is 0 Å². The SMILES string of the molecule is CCCCCC1CCC(COC2CCC(c3ccc(CCC)cc3)CC2)CC1(F)F. The van der Waals surface area contributed by atoms with Crippen LogP contribution >= 0.6 is 0 Å². The Kier molecular flexibility index (Phi) is 9.16. The molecular weight excluding hydrogens is 378 g/mol. The third kappa shape index (κ3) is 6.77. The van der Waals surface area contributed by atoms with E-state index < -0.39 is 11.8 Å². The van der Waals surface area contributed by atoms with Crippen molar-refractivity contribution in [2.75, 3.05) is 6.61 Å². The lowest BCUT2D eigenvalue weighted by molar-refractivity contribution is -0.120. The van der Waals surface area contributed by atoms with E-state index >= 15 is 0 Å². The maximum atomic E-state index is 14.6. The molecule has 0 amide bonds. The minimum absolute atomic E-state index is 0.0310. The van der Waals surface area contributed by atoms with Gasteiger partial charge in [0.25, 0.3) is 5.92 Å². The van der Waals surface area contributed by atoms with Crippen molar-refractivity contribution in [2.45, 2.75) is 115 Å². The Labute approximate surface area is 183 Å². The summed E-state index contributed by atoms with van der Waals surface area (Å²) in [5.41, 5.74) is 2.88. The summed E-state index contributed by atoms with van der Waals surface area (Å²) in [5, 5.41) is 0. The van der Waals surface area contributed by atoms with E-state index in [0.29, 0.717) is 25.4 Å². The van der Waals surface area contributed by atoms with Crippen LogP contribution in [-0.4, -0.2) is 18.6 Å². The van der Waals surface area contributed by atoms with Crippen molar-refractivity contribution in [1.29, 1.82) is 0 Å². The third-order valence-corrected chi connectivity index (χ3v) is 7.47. The van der Waals surface area contributed by atoms with Crippen molar-refractivity contribution >= 4 is 0 Å². The van der Waals surface area contributed by atoms with Gasteiger partial charge in [-0.15, -0.1) is 0 Å². The highest BCUT2D eigenvalue weighted by atomic mass is 19.3. The molecule has 1 aromatic carbocycles. The lowest BCUT2D eigenvalue weighted by Crippen LogP contribution is -2.37. The first-order valence-corrected chi connectivity index (χ1v) is 12.6. The van der Waals surface area contributed by atoms with Crippen LogP contribution in [-0.2, 0) is 11.2 Å². The maximum Gasteiger partial charge on any atom is 0.251 e. The molecule has 1 aromatic rings. The largest absolute Gasteiger partial charge is 0.378 e. The van der Waals surface area contributed by atoms with E-state index in [-0.39, 0.29) is 18.4 Å². The standard InChI is InChI=1S/C27H42F2O/c1-3-5-6-8-25-16-11-22(19-27(25,28)29)20-30-26-17-14-24(15-18-26)23-12-9-21(7-4-2)10-13-23/h9-10,12-13,22,24-26H,3-8,11,14-20H2,1-2H3. The number of aryl methyl sites for hydroxylation is 1. The lowest BCUT2D eigenvalue weighted by Gasteiger charge is -2.37. The number of hydrogen-bond acceptors (Lipinski definition) is 1. The Hall–Kier alpha value is -0.960. The molecule has 2 aliphatic carbocycles. The van der Waals surface area contributed by atoms with Gasteiger partial charge in [0.1, 0.15) is 0 Å². The molecule has 0 saturated heterocycles. The fourth-order valence-electron chi connectivity index (χ4n) is 5.52. The van der Waals surface area contributed by atoms with Crippen LogP contribution in [0.25, 0.3) is 0 Å². The van der Waals surface area contributed by atoms with Crippen molar-refractivity contribution < 1.29 is 13.5 Å². The summed E-state index contributed by atoms with van der Waals surface area (Å²) in [6, 6.07) is 9.16. The molecule has 0 aliphatic heterocycles. The van der Waals surface area contributed by atoms with Gasteiger partial charge in [-0.2, -0.15) is 0 Å². The number of benzene rings is 1.